The summed E-state index contributed by atoms with van der Waals surface area (Å²) in [4.78, 5) is 19.0. The van der Waals surface area contributed by atoms with Crippen molar-refractivity contribution in [1.82, 2.24) is 20.0 Å². The highest BCUT2D eigenvalue weighted by Crippen LogP contribution is 2.24. The predicted molar refractivity (Wildman–Crippen MR) is 120 cm³/mol. The van der Waals surface area contributed by atoms with Crippen LogP contribution in [-0.4, -0.2) is 57.7 Å². The Bertz CT molecular complexity index is 820. The number of carbonyl (C=O) groups is 1. The maximum absolute atomic E-state index is 12.2. The molecule has 2 N–H and O–H groups in total. The Balaban J connectivity index is 1.54. The predicted octanol–water partition coefficient (Wildman–Crippen LogP) is 2.67. The van der Waals surface area contributed by atoms with E-state index in [2.05, 4.69) is 51.2 Å². The number of hydrogen-bond acceptors (Lipinski definition) is 4. The molecule has 2 heterocycles. The second-order valence-corrected chi connectivity index (χ2v) is 8.80. The van der Waals surface area contributed by atoms with E-state index >= 15 is 0 Å². The minimum Gasteiger partial charge on any atom is -0.352 e. The van der Waals surface area contributed by atoms with Crippen molar-refractivity contribution in [3.8, 4) is 0 Å². The fraction of sp³-hybridized carbons (Fsp3) is 0.476. The standard InChI is InChI=1S/C21H30N6OS/c1-16(2)19-14-26(10-11-29-19)21(22-3)23-13-17-6-4-7-18(12-17)25-20(28)15-27-9-5-8-24-27/h4-9,12,16,19H,10-11,13-15H2,1-3H3,(H,22,23)(H,25,28). The van der Waals surface area contributed by atoms with Crippen LogP contribution in [0.2, 0.25) is 0 Å². The van der Waals surface area contributed by atoms with Gasteiger partial charge in [-0.3, -0.25) is 14.5 Å². The quantitative estimate of drug-likeness (QED) is 0.562. The lowest BCUT2D eigenvalue weighted by molar-refractivity contribution is -0.116. The lowest BCUT2D eigenvalue weighted by Gasteiger charge is -2.36. The maximum Gasteiger partial charge on any atom is 0.246 e. The molecule has 0 radical (unpaired) electrons. The van der Waals surface area contributed by atoms with Crippen LogP contribution in [0.25, 0.3) is 0 Å². The first-order valence-electron chi connectivity index (χ1n) is 9.98. The van der Waals surface area contributed by atoms with Gasteiger partial charge in [-0.15, -0.1) is 0 Å². The normalized spacial score (nSPS) is 17.4. The molecule has 2 aromatic rings. The molecule has 0 bridgehead atoms. The first-order valence-corrected chi connectivity index (χ1v) is 11.0. The number of anilines is 1. The number of amides is 1. The SMILES string of the molecule is CN=C(NCc1cccc(NC(=O)Cn2cccn2)c1)N1CCSC(C(C)C)C1. The largest absolute Gasteiger partial charge is 0.352 e. The monoisotopic (exact) mass is 414 g/mol. The molecule has 156 valence electrons. The van der Waals surface area contributed by atoms with Crippen molar-refractivity contribution in [2.45, 2.75) is 32.2 Å². The van der Waals surface area contributed by atoms with Crippen LogP contribution in [0, 0.1) is 5.92 Å². The van der Waals surface area contributed by atoms with Gasteiger partial charge < -0.3 is 15.5 Å². The van der Waals surface area contributed by atoms with Crippen molar-refractivity contribution in [3.63, 3.8) is 0 Å². The van der Waals surface area contributed by atoms with E-state index in [0.717, 1.165) is 36.1 Å². The molecule has 1 aliphatic heterocycles. The third-order valence-corrected chi connectivity index (χ3v) is 6.41. The molecule has 1 aromatic heterocycles. The molecule has 1 saturated heterocycles. The van der Waals surface area contributed by atoms with Crippen LogP contribution in [-0.2, 0) is 17.9 Å². The van der Waals surface area contributed by atoms with E-state index in [9.17, 15) is 4.79 Å². The van der Waals surface area contributed by atoms with E-state index in [1.54, 1.807) is 23.1 Å². The van der Waals surface area contributed by atoms with Crippen molar-refractivity contribution >= 4 is 29.3 Å². The van der Waals surface area contributed by atoms with Gasteiger partial charge in [0.15, 0.2) is 5.96 Å². The van der Waals surface area contributed by atoms with Crippen molar-refractivity contribution in [2.75, 3.05) is 31.2 Å². The van der Waals surface area contributed by atoms with Crippen LogP contribution in [0.5, 0.6) is 0 Å². The molecule has 3 rings (SSSR count). The summed E-state index contributed by atoms with van der Waals surface area (Å²) in [6.07, 6.45) is 3.44. The number of benzene rings is 1. The van der Waals surface area contributed by atoms with E-state index in [1.165, 1.54) is 0 Å². The van der Waals surface area contributed by atoms with Crippen LogP contribution in [0.15, 0.2) is 47.7 Å². The molecule has 1 amide bonds. The Hall–Kier alpha value is -2.48. The summed E-state index contributed by atoms with van der Waals surface area (Å²) in [5.74, 6) is 2.62. The summed E-state index contributed by atoms with van der Waals surface area (Å²) in [5, 5.41) is 11.1. The zero-order valence-electron chi connectivity index (χ0n) is 17.3. The third kappa shape index (κ3) is 6.25. The minimum absolute atomic E-state index is 0.0971. The summed E-state index contributed by atoms with van der Waals surface area (Å²) in [6, 6.07) is 9.69. The lowest BCUT2D eigenvalue weighted by atomic mass is 10.1. The fourth-order valence-corrected chi connectivity index (χ4v) is 4.58. The number of nitrogens with one attached hydrogen (secondary N) is 2. The van der Waals surface area contributed by atoms with Gasteiger partial charge in [0.1, 0.15) is 6.54 Å². The number of nitrogens with zero attached hydrogens (tertiary/aromatic N) is 4. The van der Waals surface area contributed by atoms with Gasteiger partial charge in [0, 0.05) is 55.8 Å². The first kappa shape index (κ1) is 21.2. The number of thioether (sulfide) groups is 1. The molecule has 7 nitrogen and oxygen atoms in total. The van der Waals surface area contributed by atoms with Gasteiger partial charge >= 0.3 is 0 Å². The molecule has 8 heteroatoms. The molecule has 1 fully saturated rings. The second kappa shape index (κ2) is 10.3. The van der Waals surface area contributed by atoms with Gasteiger partial charge in [0.25, 0.3) is 0 Å². The Morgan fingerprint density at radius 1 is 1.38 bits per heavy atom. The van der Waals surface area contributed by atoms with Crippen LogP contribution in [0.3, 0.4) is 0 Å². The van der Waals surface area contributed by atoms with Gasteiger partial charge in [0.05, 0.1) is 0 Å². The minimum atomic E-state index is -0.0971. The number of carbonyl (C=O) groups excluding carboxylic acids is 1. The third-order valence-electron chi connectivity index (χ3n) is 4.87. The zero-order valence-corrected chi connectivity index (χ0v) is 18.2. The molecule has 1 aromatic carbocycles. The average Bonchev–Trinajstić information content (AvgIpc) is 3.22. The van der Waals surface area contributed by atoms with Crippen molar-refractivity contribution in [3.05, 3.63) is 48.3 Å². The molecule has 1 unspecified atom stereocenters. The van der Waals surface area contributed by atoms with Gasteiger partial charge in [-0.05, 0) is 29.7 Å². The highest BCUT2D eigenvalue weighted by atomic mass is 32.2. The molecule has 0 saturated carbocycles. The highest BCUT2D eigenvalue weighted by molar-refractivity contribution is 8.00. The second-order valence-electron chi connectivity index (χ2n) is 7.45. The summed E-state index contributed by atoms with van der Waals surface area (Å²) >= 11 is 2.06. The Morgan fingerprint density at radius 2 is 2.24 bits per heavy atom. The number of rotatable bonds is 6. The van der Waals surface area contributed by atoms with Crippen molar-refractivity contribution in [1.29, 1.82) is 0 Å². The van der Waals surface area contributed by atoms with Gasteiger partial charge in [-0.25, -0.2) is 0 Å². The molecule has 1 aliphatic rings. The van der Waals surface area contributed by atoms with Gasteiger partial charge in [0.2, 0.25) is 5.91 Å². The first-order chi connectivity index (χ1) is 14.0. The highest BCUT2D eigenvalue weighted by Gasteiger charge is 2.24. The zero-order chi connectivity index (χ0) is 20.6. The van der Waals surface area contributed by atoms with Crippen LogP contribution in [0.4, 0.5) is 5.69 Å². The van der Waals surface area contributed by atoms with E-state index < -0.39 is 0 Å². The Labute approximate surface area is 177 Å². The van der Waals surface area contributed by atoms with E-state index in [-0.39, 0.29) is 12.5 Å². The number of aliphatic imine (C=N–C) groups is 1. The average molecular weight is 415 g/mol. The number of guanidine groups is 1. The topological polar surface area (TPSA) is 74.5 Å². The molecule has 1 atom stereocenters. The van der Waals surface area contributed by atoms with Crippen LogP contribution >= 0.6 is 11.8 Å². The van der Waals surface area contributed by atoms with Crippen LogP contribution in [0.1, 0.15) is 19.4 Å². The van der Waals surface area contributed by atoms with Crippen LogP contribution < -0.4 is 10.6 Å². The summed E-state index contributed by atoms with van der Waals surface area (Å²) in [5.41, 5.74) is 1.88. The van der Waals surface area contributed by atoms with E-state index in [4.69, 9.17) is 0 Å². The number of hydrogen-bond donors (Lipinski definition) is 2. The fourth-order valence-electron chi connectivity index (χ4n) is 3.29. The van der Waals surface area contributed by atoms with Gasteiger partial charge in [-0.1, -0.05) is 26.0 Å². The lowest BCUT2D eigenvalue weighted by Crippen LogP contribution is -2.48. The van der Waals surface area contributed by atoms with E-state index in [1.807, 2.05) is 31.3 Å². The number of aromatic nitrogens is 2. The molecule has 29 heavy (non-hydrogen) atoms. The molecule has 0 spiro atoms. The maximum atomic E-state index is 12.2. The summed E-state index contributed by atoms with van der Waals surface area (Å²) in [7, 11) is 1.83. The Kier molecular flexibility index (Phi) is 7.57. The molecule has 0 aliphatic carbocycles. The summed E-state index contributed by atoms with van der Waals surface area (Å²) < 4.78 is 1.60. The van der Waals surface area contributed by atoms with Gasteiger partial charge in [-0.2, -0.15) is 16.9 Å². The van der Waals surface area contributed by atoms with E-state index in [0.29, 0.717) is 17.7 Å². The molecular formula is C21H30N6OS. The molecular weight excluding hydrogens is 384 g/mol. The Morgan fingerprint density at radius 3 is 2.97 bits per heavy atom. The summed E-state index contributed by atoms with van der Waals surface area (Å²) in [6.45, 7) is 7.45. The van der Waals surface area contributed by atoms with Crippen molar-refractivity contribution in [2.24, 2.45) is 10.9 Å². The smallest absolute Gasteiger partial charge is 0.246 e. The van der Waals surface area contributed by atoms with Crippen molar-refractivity contribution < 1.29 is 4.79 Å².